The van der Waals surface area contributed by atoms with Crippen LogP contribution in [0.25, 0.3) is 0 Å². The Balaban J connectivity index is 2.63. The molecule has 0 saturated heterocycles. The summed E-state index contributed by atoms with van der Waals surface area (Å²) in [5.74, 6) is 0.0803. The van der Waals surface area contributed by atoms with Crippen LogP contribution >= 0.6 is 11.8 Å². The van der Waals surface area contributed by atoms with Crippen molar-refractivity contribution in [1.29, 1.82) is 0 Å². The van der Waals surface area contributed by atoms with E-state index in [0.29, 0.717) is 6.61 Å². The number of benzene rings is 1. The maximum absolute atomic E-state index is 11.1. The summed E-state index contributed by atoms with van der Waals surface area (Å²) in [6.07, 6.45) is 0. The summed E-state index contributed by atoms with van der Waals surface area (Å²) in [6.45, 7) is 2.10. The Morgan fingerprint density at radius 2 is 1.94 bits per heavy atom. The van der Waals surface area contributed by atoms with Crippen LogP contribution in [0.4, 0.5) is 0 Å². The molecule has 0 radical (unpaired) electrons. The highest BCUT2D eigenvalue weighted by molar-refractivity contribution is 7.99. The van der Waals surface area contributed by atoms with E-state index in [4.69, 9.17) is 9.47 Å². The molecule has 0 N–H and O–H groups in total. The van der Waals surface area contributed by atoms with Crippen LogP contribution in [0.3, 0.4) is 0 Å². The first-order valence-corrected chi connectivity index (χ1v) is 5.84. The lowest BCUT2D eigenvalue weighted by molar-refractivity contribution is 0.0813. The lowest BCUT2D eigenvalue weighted by Gasteiger charge is -2.13. The minimum atomic E-state index is -0.0202. The van der Waals surface area contributed by atoms with Gasteiger partial charge in [-0.3, -0.25) is 4.79 Å². The fourth-order valence-corrected chi connectivity index (χ4v) is 2.10. The molecule has 1 atom stereocenters. The number of rotatable bonds is 6. The van der Waals surface area contributed by atoms with Crippen LogP contribution in [0.15, 0.2) is 29.2 Å². The smallest absolute Gasteiger partial charge is 0.159 e. The second kappa shape index (κ2) is 6.68. The molecule has 1 rings (SSSR count). The van der Waals surface area contributed by atoms with Crippen molar-refractivity contribution in [3.05, 3.63) is 29.8 Å². The number of thioether (sulfide) groups is 1. The average molecular weight is 240 g/mol. The molecule has 0 aromatic heterocycles. The first-order valence-electron chi connectivity index (χ1n) is 4.96. The van der Waals surface area contributed by atoms with E-state index < -0.39 is 0 Å². The zero-order valence-electron chi connectivity index (χ0n) is 9.73. The minimum Gasteiger partial charge on any atom is -0.381 e. The molecule has 0 spiro atoms. The van der Waals surface area contributed by atoms with Gasteiger partial charge in [0.25, 0.3) is 0 Å². The largest absolute Gasteiger partial charge is 0.381 e. The third-order valence-corrected chi connectivity index (χ3v) is 3.23. The van der Waals surface area contributed by atoms with Crippen molar-refractivity contribution in [2.45, 2.75) is 17.3 Å². The average Bonchev–Trinajstić information content (AvgIpc) is 2.29. The Morgan fingerprint density at radius 3 is 2.38 bits per heavy atom. The Kier molecular flexibility index (Phi) is 5.52. The van der Waals surface area contributed by atoms with Gasteiger partial charge in [-0.2, -0.15) is 0 Å². The molecule has 0 heterocycles. The Bertz CT molecular complexity index is 335. The Labute approximate surface area is 100 Å². The molecule has 0 fully saturated rings. The highest BCUT2D eigenvalue weighted by Crippen LogP contribution is 2.24. The van der Waals surface area contributed by atoms with Crippen molar-refractivity contribution in [2.24, 2.45) is 0 Å². The molecule has 3 nitrogen and oxygen atoms in total. The van der Waals surface area contributed by atoms with E-state index in [2.05, 4.69) is 0 Å². The van der Waals surface area contributed by atoms with Crippen LogP contribution in [0, 0.1) is 0 Å². The lowest BCUT2D eigenvalue weighted by atomic mass is 10.2. The van der Waals surface area contributed by atoms with Crippen LogP contribution in [0.5, 0.6) is 0 Å². The topological polar surface area (TPSA) is 35.5 Å². The van der Waals surface area contributed by atoms with Gasteiger partial charge in [-0.1, -0.05) is 23.9 Å². The SMILES string of the molecule is COCC(OC)Sc1ccc(C(C)=O)cc1. The molecule has 4 heteroatoms. The van der Waals surface area contributed by atoms with E-state index in [9.17, 15) is 4.79 Å². The molecule has 0 saturated carbocycles. The van der Waals surface area contributed by atoms with E-state index in [0.717, 1.165) is 10.5 Å². The molecule has 1 aromatic carbocycles. The number of carbonyl (C=O) groups is 1. The Morgan fingerprint density at radius 1 is 1.31 bits per heavy atom. The van der Waals surface area contributed by atoms with E-state index in [1.54, 1.807) is 32.9 Å². The van der Waals surface area contributed by atoms with Crippen LogP contribution in [-0.4, -0.2) is 32.0 Å². The van der Waals surface area contributed by atoms with Gasteiger partial charge in [-0.25, -0.2) is 0 Å². The number of hydrogen-bond donors (Lipinski definition) is 0. The van der Waals surface area contributed by atoms with Crippen LogP contribution in [0.1, 0.15) is 17.3 Å². The third-order valence-electron chi connectivity index (χ3n) is 2.09. The summed E-state index contributed by atoms with van der Waals surface area (Å²) in [4.78, 5) is 12.1. The van der Waals surface area contributed by atoms with Crippen molar-refractivity contribution in [3.63, 3.8) is 0 Å². The van der Waals surface area contributed by atoms with Gasteiger partial charge in [0.1, 0.15) is 5.44 Å². The molecule has 1 unspecified atom stereocenters. The molecule has 1 aromatic rings. The van der Waals surface area contributed by atoms with Crippen molar-refractivity contribution < 1.29 is 14.3 Å². The van der Waals surface area contributed by atoms with Gasteiger partial charge >= 0.3 is 0 Å². The van der Waals surface area contributed by atoms with Gasteiger partial charge in [0, 0.05) is 24.7 Å². The molecule has 0 aliphatic carbocycles. The van der Waals surface area contributed by atoms with Crippen molar-refractivity contribution >= 4 is 17.5 Å². The molecule has 16 heavy (non-hydrogen) atoms. The summed E-state index contributed by atoms with van der Waals surface area (Å²) >= 11 is 1.58. The highest BCUT2D eigenvalue weighted by Gasteiger charge is 2.08. The van der Waals surface area contributed by atoms with Gasteiger partial charge < -0.3 is 9.47 Å². The van der Waals surface area contributed by atoms with Crippen molar-refractivity contribution in [2.75, 3.05) is 20.8 Å². The summed E-state index contributed by atoms with van der Waals surface area (Å²) in [7, 11) is 3.30. The van der Waals surface area contributed by atoms with E-state index in [-0.39, 0.29) is 11.2 Å². The minimum absolute atomic E-state index is 0.0202. The fourth-order valence-electron chi connectivity index (χ4n) is 1.21. The maximum Gasteiger partial charge on any atom is 0.159 e. The highest BCUT2D eigenvalue weighted by atomic mass is 32.2. The van der Waals surface area contributed by atoms with Gasteiger partial charge in [0.2, 0.25) is 0 Å². The molecule has 0 bridgehead atoms. The number of methoxy groups -OCH3 is 2. The number of ether oxygens (including phenoxy) is 2. The molecule has 0 amide bonds. The van der Waals surface area contributed by atoms with Gasteiger partial charge in [0.05, 0.1) is 6.61 Å². The van der Waals surface area contributed by atoms with Gasteiger partial charge in [-0.05, 0) is 19.1 Å². The van der Waals surface area contributed by atoms with Crippen LogP contribution in [-0.2, 0) is 9.47 Å². The number of hydrogen-bond acceptors (Lipinski definition) is 4. The molecular weight excluding hydrogens is 224 g/mol. The standard InChI is InChI=1S/C12H16O3S/c1-9(13)10-4-6-11(7-5-10)16-12(15-3)8-14-2/h4-7,12H,8H2,1-3H3. The second-order valence-corrected chi connectivity index (χ2v) is 4.55. The van der Waals surface area contributed by atoms with Gasteiger partial charge in [-0.15, -0.1) is 0 Å². The lowest BCUT2D eigenvalue weighted by Crippen LogP contribution is -2.12. The maximum atomic E-state index is 11.1. The number of ketones is 1. The first kappa shape index (κ1) is 13.2. The zero-order valence-corrected chi connectivity index (χ0v) is 10.5. The summed E-state index contributed by atoms with van der Waals surface area (Å²) in [6, 6.07) is 7.49. The second-order valence-electron chi connectivity index (χ2n) is 3.32. The van der Waals surface area contributed by atoms with Gasteiger partial charge in [0.15, 0.2) is 5.78 Å². The van der Waals surface area contributed by atoms with E-state index >= 15 is 0 Å². The normalized spacial score (nSPS) is 12.4. The predicted molar refractivity (Wildman–Crippen MR) is 65.0 cm³/mol. The van der Waals surface area contributed by atoms with Crippen LogP contribution < -0.4 is 0 Å². The first-order chi connectivity index (χ1) is 7.67. The van der Waals surface area contributed by atoms with Crippen LogP contribution in [0.2, 0.25) is 0 Å². The van der Waals surface area contributed by atoms with E-state index in [1.165, 1.54) is 0 Å². The van der Waals surface area contributed by atoms with Crippen molar-refractivity contribution in [1.82, 2.24) is 0 Å². The molecule has 0 aliphatic heterocycles. The third kappa shape index (κ3) is 3.96. The van der Waals surface area contributed by atoms with E-state index in [1.807, 2.05) is 24.3 Å². The summed E-state index contributed by atoms with van der Waals surface area (Å²) in [5.41, 5.74) is 0.707. The zero-order chi connectivity index (χ0) is 12.0. The molecular formula is C12H16O3S. The quantitative estimate of drug-likeness (QED) is 0.435. The summed E-state index contributed by atoms with van der Waals surface area (Å²) in [5, 5.41) is 0. The predicted octanol–water partition coefficient (Wildman–Crippen LogP) is 2.60. The molecule has 88 valence electrons. The Hall–Kier alpha value is -0.840. The summed E-state index contributed by atoms with van der Waals surface area (Å²) < 4.78 is 10.3. The number of Topliss-reactive ketones (excluding diaryl/α,β-unsaturated/α-hetero) is 1. The molecule has 0 aliphatic rings. The van der Waals surface area contributed by atoms with Crippen molar-refractivity contribution in [3.8, 4) is 0 Å². The monoisotopic (exact) mass is 240 g/mol. The fraction of sp³-hybridized carbons (Fsp3) is 0.417. The number of carbonyl (C=O) groups excluding carboxylic acids is 1.